The topological polar surface area (TPSA) is 90.4 Å². The molecule has 2 unspecified atom stereocenters. The predicted octanol–water partition coefficient (Wildman–Crippen LogP) is 0.519. The van der Waals surface area contributed by atoms with Crippen molar-refractivity contribution in [3.05, 3.63) is 33.3 Å². The molecule has 0 fully saturated rings. The number of hydrogen-bond acceptors (Lipinski definition) is 5. The highest BCUT2D eigenvalue weighted by Gasteiger charge is 2.39. The average Bonchev–Trinajstić information content (AvgIpc) is 2.61. The summed E-state index contributed by atoms with van der Waals surface area (Å²) in [7, 11) is 0. The van der Waals surface area contributed by atoms with Crippen LogP contribution in [-0.4, -0.2) is 27.4 Å². The van der Waals surface area contributed by atoms with Crippen molar-refractivity contribution in [2.24, 2.45) is 0 Å². The van der Waals surface area contributed by atoms with E-state index in [0.29, 0.717) is 4.57 Å². The standard InChI is InChI=1S/C9H8ClF2N3O3/c10-3-1-15(9(17)14-7(3)13)8-6(12)5(11)4(2-16)18-8/h1,6,8,16H,2H2,(H2,13,14,17). The number of aliphatic hydroxyl groups is 1. The molecule has 6 nitrogen and oxygen atoms in total. The summed E-state index contributed by atoms with van der Waals surface area (Å²) in [5.41, 5.74) is 4.35. The zero-order chi connectivity index (χ0) is 13.4. The summed E-state index contributed by atoms with van der Waals surface area (Å²) in [6, 6.07) is 0. The SMILES string of the molecule is Nc1nc(=O)n(C2OC(CO)=C(F)C2F)cc1Cl. The quantitative estimate of drug-likeness (QED) is 0.824. The molecule has 1 aromatic rings. The molecular formula is C9H8ClF2N3O3. The van der Waals surface area contributed by atoms with E-state index in [9.17, 15) is 13.6 Å². The molecule has 2 rings (SSSR count). The lowest BCUT2D eigenvalue weighted by molar-refractivity contribution is 0.0181. The van der Waals surface area contributed by atoms with Crippen LogP contribution in [0.25, 0.3) is 0 Å². The Balaban J connectivity index is 2.42. The van der Waals surface area contributed by atoms with Gasteiger partial charge < -0.3 is 15.6 Å². The smallest absolute Gasteiger partial charge is 0.352 e. The highest BCUT2D eigenvalue weighted by atomic mass is 35.5. The third-order valence-corrected chi connectivity index (χ3v) is 2.66. The summed E-state index contributed by atoms with van der Waals surface area (Å²) in [5, 5.41) is 8.65. The van der Waals surface area contributed by atoms with Crippen LogP contribution in [-0.2, 0) is 4.74 Å². The molecule has 0 saturated heterocycles. The van der Waals surface area contributed by atoms with E-state index in [1.807, 2.05) is 0 Å². The number of anilines is 1. The summed E-state index contributed by atoms with van der Waals surface area (Å²) < 4.78 is 32.3. The fraction of sp³-hybridized carbons (Fsp3) is 0.333. The maximum absolute atomic E-state index is 13.6. The molecule has 1 aliphatic rings. The first-order chi connectivity index (χ1) is 8.45. The molecule has 0 radical (unpaired) electrons. The van der Waals surface area contributed by atoms with Crippen LogP contribution < -0.4 is 11.4 Å². The van der Waals surface area contributed by atoms with E-state index in [0.717, 1.165) is 6.20 Å². The van der Waals surface area contributed by atoms with Crippen LogP contribution in [0.2, 0.25) is 5.02 Å². The van der Waals surface area contributed by atoms with E-state index in [-0.39, 0.29) is 10.8 Å². The number of alkyl halides is 1. The van der Waals surface area contributed by atoms with Gasteiger partial charge in [0.05, 0.1) is 5.02 Å². The van der Waals surface area contributed by atoms with Crippen LogP contribution in [0.1, 0.15) is 6.23 Å². The van der Waals surface area contributed by atoms with Crippen LogP contribution in [0.15, 0.2) is 22.6 Å². The van der Waals surface area contributed by atoms with Crippen molar-refractivity contribution < 1.29 is 18.6 Å². The van der Waals surface area contributed by atoms with Gasteiger partial charge in [-0.1, -0.05) is 11.6 Å². The number of aromatic nitrogens is 2. The number of hydrogen-bond donors (Lipinski definition) is 2. The predicted molar refractivity (Wildman–Crippen MR) is 58.2 cm³/mol. The molecule has 0 saturated carbocycles. The maximum Gasteiger partial charge on any atom is 0.352 e. The molecule has 2 heterocycles. The number of nitrogens with zero attached hydrogens (tertiary/aromatic N) is 2. The van der Waals surface area contributed by atoms with Crippen LogP contribution in [0.3, 0.4) is 0 Å². The fourth-order valence-corrected chi connectivity index (χ4v) is 1.64. The second-order valence-corrected chi connectivity index (χ2v) is 3.91. The maximum atomic E-state index is 13.6. The molecule has 18 heavy (non-hydrogen) atoms. The summed E-state index contributed by atoms with van der Waals surface area (Å²) in [6.45, 7) is -0.812. The average molecular weight is 280 g/mol. The Kier molecular flexibility index (Phi) is 3.22. The van der Waals surface area contributed by atoms with Gasteiger partial charge in [0.1, 0.15) is 12.4 Å². The minimum Gasteiger partial charge on any atom is -0.465 e. The molecule has 0 spiro atoms. The highest BCUT2D eigenvalue weighted by Crippen LogP contribution is 2.35. The largest absolute Gasteiger partial charge is 0.465 e. The van der Waals surface area contributed by atoms with Crippen LogP contribution >= 0.6 is 11.6 Å². The van der Waals surface area contributed by atoms with Crippen molar-refractivity contribution in [1.82, 2.24) is 9.55 Å². The first-order valence-electron chi connectivity index (χ1n) is 4.80. The number of ether oxygens (including phenoxy) is 1. The molecule has 2 atom stereocenters. The molecule has 9 heteroatoms. The van der Waals surface area contributed by atoms with E-state index >= 15 is 0 Å². The van der Waals surface area contributed by atoms with Crippen LogP contribution in [0.4, 0.5) is 14.6 Å². The Morgan fingerprint density at radius 3 is 2.89 bits per heavy atom. The van der Waals surface area contributed by atoms with Gasteiger partial charge in [-0.25, -0.2) is 13.6 Å². The molecule has 0 aromatic carbocycles. The second-order valence-electron chi connectivity index (χ2n) is 3.50. The van der Waals surface area contributed by atoms with Gasteiger partial charge in [0, 0.05) is 6.20 Å². The van der Waals surface area contributed by atoms with Crippen molar-refractivity contribution in [1.29, 1.82) is 0 Å². The molecule has 0 amide bonds. The van der Waals surface area contributed by atoms with E-state index in [1.54, 1.807) is 0 Å². The van der Waals surface area contributed by atoms with E-state index in [4.69, 9.17) is 27.2 Å². The van der Waals surface area contributed by atoms with Gasteiger partial charge in [0.25, 0.3) is 0 Å². The van der Waals surface area contributed by atoms with Crippen molar-refractivity contribution in [2.75, 3.05) is 12.3 Å². The Labute approximate surface area is 104 Å². The Hall–Kier alpha value is -1.67. The van der Waals surface area contributed by atoms with Crippen molar-refractivity contribution in [3.8, 4) is 0 Å². The van der Waals surface area contributed by atoms with Gasteiger partial charge in [-0.3, -0.25) is 4.57 Å². The van der Waals surface area contributed by atoms with E-state index < -0.39 is 36.3 Å². The summed E-state index contributed by atoms with van der Waals surface area (Å²) in [5.74, 6) is -2.04. The lowest BCUT2D eigenvalue weighted by Crippen LogP contribution is -2.31. The van der Waals surface area contributed by atoms with Gasteiger partial charge in [-0.15, -0.1) is 0 Å². The molecule has 3 N–H and O–H groups in total. The lowest BCUT2D eigenvalue weighted by Gasteiger charge is -2.16. The summed E-state index contributed by atoms with van der Waals surface area (Å²) in [6.07, 6.45) is -2.81. The summed E-state index contributed by atoms with van der Waals surface area (Å²) in [4.78, 5) is 14.8. The monoisotopic (exact) mass is 279 g/mol. The van der Waals surface area contributed by atoms with Crippen LogP contribution in [0, 0.1) is 0 Å². The van der Waals surface area contributed by atoms with E-state index in [2.05, 4.69) is 4.98 Å². The number of nitrogens with two attached hydrogens (primary N) is 1. The molecule has 98 valence electrons. The molecule has 0 aliphatic carbocycles. The first kappa shape index (κ1) is 12.8. The molecule has 1 aromatic heterocycles. The number of rotatable bonds is 2. The minimum atomic E-state index is -2.22. The normalized spacial score (nSPS) is 23.3. The Bertz CT molecular complexity index is 575. The van der Waals surface area contributed by atoms with Gasteiger partial charge in [-0.05, 0) is 0 Å². The first-order valence-corrected chi connectivity index (χ1v) is 5.17. The van der Waals surface area contributed by atoms with Gasteiger partial charge in [0.15, 0.2) is 11.6 Å². The molecular weight excluding hydrogens is 272 g/mol. The van der Waals surface area contributed by atoms with Gasteiger partial charge >= 0.3 is 5.69 Å². The summed E-state index contributed by atoms with van der Waals surface area (Å²) >= 11 is 5.64. The molecule has 1 aliphatic heterocycles. The Morgan fingerprint density at radius 2 is 2.33 bits per heavy atom. The number of aliphatic hydroxyl groups excluding tert-OH is 1. The number of nitrogen functional groups attached to an aromatic ring is 1. The minimum absolute atomic E-state index is 0.0942. The zero-order valence-corrected chi connectivity index (χ0v) is 9.56. The number of halogens is 3. The third kappa shape index (κ3) is 1.93. The van der Waals surface area contributed by atoms with E-state index in [1.165, 1.54) is 0 Å². The zero-order valence-electron chi connectivity index (χ0n) is 8.81. The van der Waals surface area contributed by atoms with Crippen molar-refractivity contribution in [3.63, 3.8) is 0 Å². The molecule has 0 bridgehead atoms. The van der Waals surface area contributed by atoms with Crippen LogP contribution in [0.5, 0.6) is 0 Å². The van der Waals surface area contributed by atoms with Gasteiger partial charge in [-0.2, -0.15) is 4.98 Å². The Morgan fingerprint density at radius 1 is 1.67 bits per heavy atom. The second kappa shape index (κ2) is 4.54. The van der Waals surface area contributed by atoms with Crippen molar-refractivity contribution in [2.45, 2.75) is 12.4 Å². The fourth-order valence-electron chi connectivity index (χ4n) is 1.49. The highest BCUT2D eigenvalue weighted by molar-refractivity contribution is 6.32. The van der Waals surface area contributed by atoms with Gasteiger partial charge in [0.2, 0.25) is 12.4 Å². The van der Waals surface area contributed by atoms with Crippen molar-refractivity contribution >= 4 is 17.4 Å². The third-order valence-electron chi connectivity index (χ3n) is 2.37. The lowest BCUT2D eigenvalue weighted by atomic mass is 10.3.